The average Bonchev–Trinajstić information content (AvgIpc) is 2.30. The van der Waals surface area contributed by atoms with Gasteiger partial charge < -0.3 is 4.74 Å². The standard InChI is InChI=1S/C8H11F3O/c1-5(2)6-3-4-7(12-6)8(9,10)11/h3,5,7H,4H2,1-2H3. The van der Waals surface area contributed by atoms with Crippen molar-refractivity contribution in [3.8, 4) is 0 Å². The zero-order valence-corrected chi connectivity index (χ0v) is 6.98. The molecule has 1 atom stereocenters. The summed E-state index contributed by atoms with van der Waals surface area (Å²) in [6.45, 7) is 3.62. The Bertz CT molecular complexity index is 193. The molecule has 12 heavy (non-hydrogen) atoms. The van der Waals surface area contributed by atoms with Crippen LogP contribution in [0.1, 0.15) is 20.3 Å². The van der Waals surface area contributed by atoms with Crippen LogP contribution in [0.25, 0.3) is 0 Å². The Morgan fingerprint density at radius 3 is 2.33 bits per heavy atom. The highest BCUT2D eigenvalue weighted by Crippen LogP contribution is 2.33. The smallest absolute Gasteiger partial charge is 0.425 e. The van der Waals surface area contributed by atoms with E-state index in [0.29, 0.717) is 5.76 Å². The molecule has 1 aliphatic rings. The van der Waals surface area contributed by atoms with E-state index in [1.165, 1.54) is 6.08 Å². The van der Waals surface area contributed by atoms with Gasteiger partial charge in [0.05, 0.1) is 5.76 Å². The maximum atomic E-state index is 12.0. The van der Waals surface area contributed by atoms with Crippen molar-refractivity contribution < 1.29 is 17.9 Å². The van der Waals surface area contributed by atoms with E-state index < -0.39 is 12.3 Å². The fourth-order valence-corrected chi connectivity index (χ4v) is 1.06. The van der Waals surface area contributed by atoms with E-state index in [9.17, 15) is 13.2 Å². The maximum absolute atomic E-state index is 12.0. The first-order valence-corrected chi connectivity index (χ1v) is 3.84. The van der Waals surface area contributed by atoms with Gasteiger partial charge in [-0.25, -0.2) is 0 Å². The Morgan fingerprint density at radius 2 is 2.08 bits per heavy atom. The van der Waals surface area contributed by atoms with E-state index in [2.05, 4.69) is 0 Å². The molecular weight excluding hydrogens is 169 g/mol. The lowest BCUT2D eigenvalue weighted by atomic mass is 10.1. The van der Waals surface area contributed by atoms with Crippen LogP contribution in [0.3, 0.4) is 0 Å². The molecule has 0 aliphatic carbocycles. The molecule has 1 aliphatic heterocycles. The first-order valence-electron chi connectivity index (χ1n) is 3.84. The number of halogens is 3. The van der Waals surface area contributed by atoms with E-state index in [4.69, 9.17) is 4.74 Å². The van der Waals surface area contributed by atoms with E-state index >= 15 is 0 Å². The topological polar surface area (TPSA) is 9.23 Å². The summed E-state index contributed by atoms with van der Waals surface area (Å²) in [5, 5.41) is 0. The molecule has 0 aromatic carbocycles. The Balaban J connectivity index is 2.53. The second-order valence-corrected chi connectivity index (χ2v) is 3.15. The zero-order valence-electron chi connectivity index (χ0n) is 6.98. The molecule has 1 unspecified atom stereocenters. The lowest BCUT2D eigenvalue weighted by Gasteiger charge is -2.17. The summed E-state index contributed by atoms with van der Waals surface area (Å²) in [6, 6.07) is 0. The molecule has 1 nitrogen and oxygen atoms in total. The van der Waals surface area contributed by atoms with Crippen LogP contribution in [0.5, 0.6) is 0 Å². The van der Waals surface area contributed by atoms with Crippen molar-refractivity contribution in [1.82, 2.24) is 0 Å². The minimum Gasteiger partial charge on any atom is -0.485 e. The van der Waals surface area contributed by atoms with Gasteiger partial charge in [0.2, 0.25) is 0 Å². The lowest BCUT2D eigenvalue weighted by molar-refractivity contribution is -0.204. The monoisotopic (exact) mass is 180 g/mol. The van der Waals surface area contributed by atoms with Gasteiger partial charge in [0.25, 0.3) is 0 Å². The Hall–Kier alpha value is -0.670. The van der Waals surface area contributed by atoms with Gasteiger partial charge in [0, 0.05) is 12.3 Å². The molecule has 1 heterocycles. The van der Waals surface area contributed by atoms with Crippen molar-refractivity contribution in [2.75, 3.05) is 0 Å². The summed E-state index contributed by atoms with van der Waals surface area (Å²) in [5.74, 6) is 0.495. The molecule has 0 saturated carbocycles. The van der Waals surface area contributed by atoms with Gasteiger partial charge in [-0.3, -0.25) is 0 Å². The van der Waals surface area contributed by atoms with Gasteiger partial charge in [-0.15, -0.1) is 0 Å². The molecule has 70 valence electrons. The Morgan fingerprint density at radius 1 is 1.50 bits per heavy atom. The zero-order chi connectivity index (χ0) is 9.35. The quantitative estimate of drug-likeness (QED) is 0.602. The maximum Gasteiger partial charge on any atom is 0.425 e. The Kier molecular flexibility index (Phi) is 2.35. The fraction of sp³-hybridized carbons (Fsp3) is 0.750. The van der Waals surface area contributed by atoms with Crippen LogP contribution in [0, 0.1) is 5.92 Å². The molecule has 0 saturated heterocycles. The molecule has 0 spiro atoms. The highest BCUT2D eigenvalue weighted by Gasteiger charge is 2.43. The summed E-state index contributed by atoms with van der Waals surface area (Å²) in [7, 11) is 0. The normalized spacial score (nSPS) is 24.2. The van der Waals surface area contributed by atoms with Crippen molar-refractivity contribution in [3.63, 3.8) is 0 Å². The van der Waals surface area contributed by atoms with Gasteiger partial charge in [0.15, 0.2) is 6.10 Å². The number of allylic oxidation sites excluding steroid dienone is 1. The lowest BCUT2D eigenvalue weighted by Crippen LogP contribution is -2.28. The van der Waals surface area contributed by atoms with E-state index in [1.807, 2.05) is 13.8 Å². The molecule has 0 radical (unpaired) electrons. The van der Waals surface area contributed by atoms with Crippen LogP contribution >= 0.6 is 0 Å². The molecule has 0 fully saturated rings. The molecule has 0 N–H and O–H groups in total. The predicted molar refractivity (Wildman–Crippen MR) is 38.5 cm³/mol. The highest BCUT2D eigenvalue weighted by molar-refractivity contribution is 5.05. The van der Waals surface area contributed by atoms with Gasteiger partial charge in [-0.1, -0.05) is 13.8 Å². The molecule has 1 rings (SSSR count). The third-order valence-electron chi connectivity index (χ3n) is 1.75. The summed E-state index contributed by atoms with van der Waals surface area (Å²) >= 11 is 0. The molecule has 0 aromatic heterocycles. The summed E-state index contributed by atoms with van der Waals surface area (Å²) < 4.78 is 40.8. The number of hydrogen-bond acceptors (Lipinski definition) is 1. The molecule has 0 bridgehead atoms. The van der Waals surface area contributed by atoms with Crippen LogP contribution in [0.15, 0.2) is 11.8 Å². The fourth-order valence-electron chi connectivity index (χ4n) is 1.06. The first kappa shape index (κ1) is 9.42. The number of rotatable bonds is 1. The third-order valence-corrected chi connectivity index (χ3v) is 1.75. The van der Waals surface area contributed by atoms with Crippen molar-refractivity contribution in [2.45, 2.75) is 32.5 Å². The van der Waals surface area contributed by atoms with E-state index in [0.717, 1.165) is 0 Å². The molecular formula is C8H11F3O. The number of alkyl halides is 3. The van der Waals surface area contributed by atoms with Gasteiger partial charge >= 0.3 is 6.18 Å². The van der Waals surface area contributed by atoms with Crippen LogP contribution in [-0.2, 0) is 4.74 Å². The second-order valence-electron chi connectivity index (χ2n) is 3.15. The average molecular weight is 180 g/mol. The molecule has 0 aromatic rings. The summed E-state index contributed by atoms with van der Waals surface area (Å²) in [6.07, 6.45) is -4.37. The van der Waals surface area contributed by atoms with Crippen LogP contribution in [0.2, 0.25) is 0 Å². The van der Waals surface area contributed by atoms with Crippen molar-refractivity contribution in [2.24, 2.45) is 5.92 Å². The molecule has 0 amide bonds. The van der Waals surface area contributed by atoms with Gasteiger partial charge in [-0.05, 0) is 6.08 Å². The summed E-state index contributed by atoms with van der Waals surface area (Å²) in [4.78, 5) is 0. The molecule has 4 heteroatoms. The van der Waals surface area contributed by atoms with Crippen molar-refractivity contribution in [1.29, 1.82) is 0 Å². The largest absolute Gasteiger partial charge is 0.485 e. The number of ether oxygens (including phenoxy) is 1. The van der Waals surface area contributed by atoms with E-state index in [-0.39, 0.29) is 12.3 Å². The van der Waals surface area contributed by atoms with Crippen molar-refractivity contribution >= 4 is 0 Å². The van der Waals surface area contributed by atoms with Crippen molar-refractivity contribution in [3.05, 3.63) is 11.8 Å². The SMILES string of the molecule is CC(C)C1=CCC(C(F)(F)F)O1. The first-order chi connectivity index (χ1) is 5.41. The summed E-state index contributed by atoms with van der Waals surface area (Å²) in [5.41, 5.74) is 0. The van der Waals surface area contributed by atoms with Crippen LogP contribution in [0.4, 0.5) is 13.2 Å². The number of hydrogen-bond donors (Lipinski definition) is 0. The second kappa shape index (κ2) is 2.99. The predicted octanol–water partition coefficient (Wildman–Crippen LogP) is 2.88. The van der Waals surface area contributed by atoms with Crippen LogP contribution in [-0.4, -0.2) is 12.3 Å². The van der Waals surface area contributed by atoms with Gasteiger partial charge in [-0.2, -0.15) is 13.2 Å². The van der Waals surface area contributed by atoms with Gasteiger partial charge in [0.1, 0.15) is 0 Å². The highest BCUT2D eigenvalue weighted by atomic mass is 19.4. The third kappa shape index (κ3) is 1.93. The minimum absolute atomic E-state index is 0.0392. The van der Waals surface area contributed by atoms with E-state index in [1.54, 1.807) is 0 Å². The Labute approximate surface area is 69.2 Å². The minimum atomic E-state index is -4.23. The van der Waals surface area contributed by atoms with Crippen LogP contribution < -0.4 is 0 Å².